The zero-order chi connectivity index (χ0) is 8.27. The number of hydrogen-bond donors (Lipinski definition) is 2. The van der Waals surface area contributed by atoms with Gasteiger partial charge in [0.25, 0.3) is 3.91 Å². The van der Waals surface area contributed by atoms with Crippen LogP contribution in [0.5, 0.6) is 0 Å². The van der Waals surface area contributed by atoms with Crippen LogP contribution < -0.4 is 5.32 Å². The molecule has 11 heavy (non-hydrogen) atoms. The fourth-order valence-electron chi connectivity index (χ4n) is 1.38. The van der Waals surface area contributed by atoms with E-state index in [1.54, 1.807) is 22.6 Å². The molecule has 4 heteroatoms. The van der Waals surface area contributed by atoms with Crippen LogP contribution in [0.4, 0.5) is 4.79 Å². The molecule has 1 fully saturated rings. The highest BCUT2D eigenvalue weighted by molar-refractivity contribution is 14.1. The lowest BCUT2D eigenvalue weighted by Gasteiger charge is -2.25. The van der Waals surface area contributed by atoms with Crippen molar-refractivity contribution in [3.8, 4) is 0 Å². The summed E-state index contributed by atoms with van der Waals surface area (Å²) in [5, 5.41) is 12.0. The van der Waals surface area contributed by atoms with Gasteiger partial charge in [0.1, 0.15) is 0 Å². The standard InChI is InChI=1S/C7H12INO2/c8-7(11)9-5-1-3-6(10)4-2-5/h5-6,10H,1-4H2,(H,9,11). The van der Waals surface area contributed by atoms with Crippen molar-refractivity contribution in [2.24, 2.45) is 0 Å². The molecule has 0 radical (unpaired) electrons. The van der Waals surface area contributed by atoms with E-state index in [1.165, 1.54) is 0 Å². The number of nitrogens with one attached hydrogen (secondary N) is 1. The molecule has 0 saturated heterocycles. The van der Waals surface area contributed by atoms with E-state index < -0.39 is 0 Å². The summed E-state index contributed by atoms with van der Waals surface area (Å²) in [6.07, 6.45) is 3.33. The van der Waals surface area contributed by atoms with Gasteiger partial charge >= 0.3 is 0 Å². The van der Waals surface area contributed by atoms with E-state index in [1.807, 2.05) is 0 Å². The van der Waals surface area contributed by atoms with Gasteiger partial charge in [0, 0.05) is 28.6 Å². The van der Waals surface area contributed by atoms with Gasteiger partial charge in [-0.3, -0.25) is 4.79 Å². The van der Waals surface area contributed by atoms with E-state index in [-0.39, 0.29) is 10.0 Å². The third kappa shape index (κ3) is 3.37. The Labute approximate surface area is 79.7 Å². The van der Waals surface area contributed by atoms with Crippen LogP contribution in [0.15, 0.2) is 0 Å². The molecule has 0 aliphatic heterocycles. The molecule has 2 N–H and O–H groups in total. The molecule has 3 nitrogen and oxygen atoms in total. The first-order valence-corrected chi connectivity index (χ1v) is 4.90. The molecule has 0 spiro atoms. The van der Waals surface area contributed by atoms with Crippen LogP contribution in [0.3, 0.4) is 0 Å². The summed E-state index contributed by atoms with van der Waals surface area (Å²) in [6, 6.07) is 0.294. The fraction of sp³-hybridized carbons (Fsp3) is 0.857. The Kier molecular flexibility index (Phi) is 3.58. The van der Waals surface area contributed by atoms with Gasteiger partial charge in [0.15, 0.2) is 0 Å². The molecule has 0 unspecified atom stereocenters. The fourth-order valence-corrected chi connectivity index (χ4v) is 1.82. The van der Waals surface area contributed by atoms with Crippen LogP contribution >= 0.6 is 22.6 Å². The van der Waals surface area contributed by atoms with Crippen molar-refractivity contribution in [1.82, 2.24) is 5.32 Å². The predicted octanol–water partition coefficient (Wildman–Crippen LogP) is 1.43. The van der Waals surface area contributed by atoms with Crippen molar-refractivity contribution in [2.75, 3.05) is 0 Å². The molecule has 0 heterocycles. The smallest absolute Gasteiger partial charge is 0.280 e. The minimum absolute atomic E-state index is 0.00369. The van der Waals surface area contributed by atoms with Crippen LogP contribution in [-0.4, -0.2) is 21.2 Å². The van der Waals surface area contributed by atoms with Gasteiger partial charge in [0.2, 0.25) is 0 Å². The quantitative estimate of drug-likeness (QED) is 0.430. The first-order chi connectivity index (χ1) is 5.18. The molecule has 1 aliphatic carbocycles. The summed E-state index contributed by atoms with van der Waals surface area (Å²) in [4.78, 5) is 10.6. The van der Waals surface area contributed by atoms with E-state index in [2.05, 4.69) is 5.32 Å². The van der Waals surface area contributed by atoms with Crippen molar-refractivity contribution in [2.45, 2.75) is 37.8 Å². The van der Waals surface area contributed by atoms with Crippen molar-refractivity contribution < 1.29 is 9.90 Å². The molecule has 0 aromatic rings. The maximum Gasteiger partial charge on any atom is 0.280 e. The van der Waals surface area contributed by atoms with Crippen LogP contribution in [-0.2, 0) is 0 Å². The zero-order valence-electron chi connectivity index (χ0n) is 6.22. The average Bonchev–Trinajstić information content (AvgIpc) is 1.93. The Morgan fingerprint density at radius 2 is 1.91 bits per heavy atom. The maximum absolute atomic E-state index is 10.6. The van der Waals surface area contributed by atoms with E-state index in [0.717, 1.165) is 25.7 Å². The minimum Gasteiger partial charge on any atom is -0.393 e. The molecule has 1 rings (SSSR count). The van der Waals surface area contributed by atoms with Gasteiger partial charge in [-0.2, -0.15) is 0 Å². The number of rotatable bonds is 1. The Morgan fingerprint density at radius 3 is 2.36 bits per heavy atom. The number of amides is 1. The number of aliphatic hydroxyl groups excluding tert-OH is 1. The van der Waals surface area contributed by atoms with Gasteiger partial charge in [-0.05, 0) is 25.7 Å². The second-order valence-electron chi connectivity index (χ2n) is 2.92. The van der Waals surface area contributed by atoms with Crippen LogP contribution in [0, 0.1) is 0 Å². The zero-order valence-corrected chi connectivity index (χ0v) is 8.37. The number of hydrogen-bond acceptors (Lipinski definition) is 2. The van der Waals surface area contributed by atoms with E-state index >= 15 is 0 Å². The lowest BCUT2D eigenvalue weighted by Crippen LogP contribution is -2.35. The summed E-state index contributed by atoms with van der Waals surface area (Å²) in [5.74, 6) is 0. The van der Waals surface area contributed by atoms with Crippen molar-refractivity contribution in [3.63, 3.8) is 0 Å². The summed E-state index contributed by atoms with van der Waals surface area (Å²) in [6.45, 7) is 0. The number of carbonyl (C=O) groups is 1. The van der Waals surface area contributed by atoms with Crippen LogP contribution in [0.1, 0.15) is 25.7 Å². The first-order valence-electron chi connectivity index (χ1n) is 3.82. The molecular weight excluding hydrogens is 257 g/mol. The molecule has 64 valence electrons. The molecule has 0 aromatic carbocycles. The monoisotopic (exact) mass is 269 g/mol. The highest BCUT2D eigenvalue weighted by atomic mass is 127. The second-order valence-corrected chi connectivity index (χ2v) is 3.90. The van der Waals surface area contributed by atoms with Gasteiger partial charge in [-0.1, -0.05) is 0 Å². The SMILES string of the molecule is O=C(I)NC1CCC(O)CC1. The number of aliphatic hydroxyl groups is 1. The maximum atomic E-state index is 10.6. The van der Waals surface area contributed by atoms with Gasteiger partial charge in [-0.25, -0.2) is 0 Å². The third-order valence-corrected chi connectivity index (χ3v) is 2.33. The number of carbonyl (C=O) groups excluding carboxylic acids is 1. The Balaban J connectivity index is 2.22. The van der Waals surface area contributed by atoms with Crippen LogP contribution in [0.2, 0.25) is 0 Å². The lowest BCUT2D eigenvalue weighted by molar-refractivity contribution is 0.119. The molecule has 1 amide bonds. The molecular formula is C7H12INO2. The van der Waals surface area contributed by atoms with Crippen molar-refractivity contribution >= 4 is 26.5 Å². The van der Waals surface area contributed by atoms with Gasteiger partial charge in [-0.15, -0.1) is 0 Å². The molecule has 0 atom stereocenters. The Bertz CT molecular complexity index is 143. The normalized spacial score (nSPS) is 31.5. The van der Waals surface area contributed by atoms with Crippen molar-refractivity contribution in [3.05, 3.63) is 0 Å². The lowest BCUT2D eigenvalue weighted by atomic mass is 9.93. The van der Waals surface area contributed by atoms with Crippen molar-refractivity contribution in [1.29, 1.82) is 0 Å². The molecule has 1 saturated carbocycles. The minimum atomic E-state index is -0.141. The largest absolute Gasteiger partial charge is 0.393 e. The third-order valence-electron chi connectivity index (χ3n) is 2.01. The number of halogens is 1. The first kappa shape index (κ1) is 9.25. The van der Waals surface area contributed by atoms with E-state index in [4.69, 9.17) is 5.11 Å². The Morgan fingerprint density at radius 1 is 1.36 bits per heavy atom. The van der Waals surface area contributed by atoms with Gasteiger partial charge < -0.3 is 10.4 Å². The highest BCUT2D eigenvalue weighted by Gasteiger charge is 2.19. The topological polar surface area (TPSA) is 49.3 Å². The average molecular weight is 269 g/mol. The predicted molar refractivity (Wildman–Crippen MR) is 50.8 cm³/mol. The molecule has 1 aliphatic rings. The van der Waals surface area contributed by atoms with E-state index in [9.17, 15) is 4.79 Å². The summed E-state index contributed by atoms with van der Waals surface area (Å²) < 4.78 is 0.00369. The van der Waals surface area contributed by atoms with E-state index in [0.29, 0.717) is 6.04 Å². The van der Waals surface area contributed by atoms with Crippen LogP contribution in [0.25, 0.3) is 0 Å². The Hall–Kier alpha value is 0.160. The molecule has 0 bridgehead atoms. The highest BCUT2D eigenvalue weighted by Crippen LogP contribution is 2.18. The summed E-state index contributed by atoms with van der Waals surface area (Å²) in [5.41, 5.74) is 0. The molecule has 0 aromatic heterocycles. The van der Waals surface area contributed by atoms with Gasteiger partial charge in [0.05, 0.1) is 6.10 Å². The summed E-state index contributed by atoms with van der Waals surface area (Å²) >= 11 is 1.74. The second kappa shape index (κ2) is 4.25. The summed E-state index contributed by atoms with van der Waals surface area (Å²) in [7, 11) is 0.